The maximum absolute atomic E-state index is 13.2. The van der Waals surface area contributed by atoms with Gasteiger partial charge >= 0.3 is 5.97 Å². The summed E-state index contributed by atoms with van der Waals surface area (Å²) >= 11 is 0. The maximum Gasteiger partial charge on any atom is 0.343 e. The van der Waals surface area contributed by atoms with Crippen molar-refractivity contribution in [3.63, 3.8) is 0 Å². The molecule has 3 aromatic carbocycles. The van der Waals surface area contributed by atoms with Crippen LogP contribution in [0, 0.1) is 0 Å². The topological polar surface area (TPSA) is 65.7 Å². The second kappa shape index (κ2) is 8.35. The highest BCUT2D eigenvalue weighted by Gasteiger charge is 2.22. The van der Waals surface area contributed by atoms with Gasteiger partial charge in [0.05, 0.1) is 18.1 Å². The van der Waals surface area contributed by atoms with Crippen LogP contribution in [0.2, 0.25) is 0 Å². The van der Waals surface area contributed by atoms with E-state index in [4.69, 9.17) is 13.9 Å². The lowest BCUT2D eigenvalue weighted by Crippen LogP contribution is -2.17. The molecular weight excluding hydrogens is 404 g/mol. The fourth-order valence-electron chi connectivity index (χ4n) is 3.41. The van der Waals surface area contributed by atoms with Crippen molar-refractivity contribution in [2.75, 3.05) is 7.11 Å². The molecule has 5 nitrogen and oxygen atoms in total. The van der Waals surface area contributed by atoms with Crippen LogP contribution in [0.5, 0.6) is 11.5 Å². The summed E-state index contributed by atoms with van der Waals surface area (Å²) in [5, 5.41) is 0.343. The Morgan fingerprint density at radius 1 is 0.875 bits per heavy atom. The Morgan fingerprint density at radius 3 is 2.16 bits per heavy atom. The van der Waals surface area contributed by atoms with E-state index in [1.807, 2.05) is 12.1 Å². The summed E-state index contributed by atoms with van der Waals surface area (Å²) < 4.78 is 16.9. The Hall–Kier alpha value is -3.86. The van der Waals surface area contributed by atoms with Gasteiger partial charge in [-0.25, -0.2) is 4.79 Å². The lowest BCUT2D eigenvalue weighted by molar-refractivity contribution is 0.0731. The van der Waals surface area contributed by atoms with E-state index in [0.717, 1.165) is 5.56 Å². The van der Waals surface area contributed by atoms with Crippen molar-refractivity contribution >= 4 is 16.9 Å². The summed E-state index contributed by atoms with van der Waals surface area (Å²) in [5.74, 6) is 0.0898. The largest absolute Gasteiger partial charge is 0.497 e. The number of ether oxygens (including phenoxy) is 2. The number of carbonyl (C=O) groups is 1. The molecule has 4 rings (SSSR count). The zero-order chi connectivity index (χ0) is 22.9. The molecule has 0 saturated heterocycles. The van der Waals surface area contributed by atoms with E-state index in [0.29, 0.717) is 27.8 Å². The molecule has 0 N–H and O–H groups in total. The second-order valence-corrected chi connectivity index (χ2v) is 8.53. The molecule has 0 atom stereocenters. The van der Waals surface area contributed by atoms with E-state index in [1.165, 1.54) is 0 Å². The molecular formula is C27H24O5. The summed E-state index contributed by atoms with van der Waals surface area (Å²) in [6.07, 6.45) is 0. The zero-order valence-electron chi connectivity index (χ0n) is 18.5. The predicted octanol–water partition coefficient (Wildman–Crippen LogP) is 5.99. The number of hydrogen-bond acceptors (Lipinski definition) is 5. The first-order valence-corrected chi connectivity index (χ1v) is 10.3. The minimum atomic E-state index is -0.622. The third kappa shape index (κ3) is 4.14. The number of fused-ring (bicyclic) bond motifs is 1. The fourth-order valence-corrected chi connectivity index (χ4v) is 3.41. The van der Waals surface area contributed by atoms with Gasteiger partial charge in [0.1, 0.15) is 11.3 Å². The molecule has 4 aromatic rings. The minimum absolute atomic E-state index is 0.0383. The molecule has 162 valence electrons. The van der Waals surface area contributed by atoms with Crippen LogP contribution in [0.1, 0.15) is 36.7 Å². The van der Waals surface area contributed by atoms with Crippen LogP contribution >= 0.6 is 0 Å². The predicted molar refractivity (Wildman–Crippen MR) is 125 cm³/mol. The van der Waals surface area contributed by atoms with Crippen molar-refractivity contribution in [1.82, 2.24) is 0 Å². The van der Waals surface area contributed by atoms with Gasteiger partial charge in [-0.3, -0.25) is 4.79 Å². The summed E-state index contributed by atoms with van der Waals surface area (Å²) in [6.45, 7) is 6.30. The Bertz CT molecular complexity index is 1320. The van der Waals surface area contributed by atoms with Crippen LogP contribution in [0.15, 0.2) is 82.0 Å². The van der Waals surface area contributed by atoms with Gasteiger partial charge in [0, 0.05) is 5.56 Å². The van der Waals surface area contributed by atoms with Crippen LogP contribution in [0.4, 0.5) is 0 Å². The summed E-state index contributed by atoms with van der Waals surface area (Å²) in [6, 6.07) is 21.1. The number of para-hydroxylation sites is 1. The summed E-state index contributed by atoms with van der Waals surface area (Å²) in [7, 11) is 1.57. The Balaban J connectivity index is 1.79. The van der Waals surface area contributed by atoms with Crippen molar-refractivity contribution in [2.45, 2.75) is 26.2 Å². The highest BCUT2D eigenvalue weighted by atomic mass is 16.5. The lowest BCUT2D eigenvalue weighted by atomic mass is 9.87. The van der Waals surface area contributed by atoms with E-state index >= 15 is 0 Å². The molecule has 32 heavy (non-hydrogen) atoms. The molecule has 1 heterocycles. The van der Waals surface area contributed by atoms with Gasteiger partial charge in [0.2, 0.25) is 11.2 Å². The second-order valence-electron chi connectivity index (χ2n) is 8.53. The lowest BCUT2D eigenvalue weighted by Gasteiger charge is -2.19. The van der Waals surface area contributed by atoms with Crippen LogP contribution in [0.25, 0.3) is 22.3 Å². The van der Waals surface area contributed by atoms with E-state index in [2.05, 4.69) is 20.8 Å². The highest BCUT2D eigenvalue weighted by molar-refractivity contribution is 5.93. The first kappa shape index (κ1) is 21.4. The van der Waals surface area contributed by atoms with Gasteiger partial charge in [0.15, 0.2) is 5.76 Å². The Labute approximate surface area is 186 Å². The molecule has 0 spiro atoms. The van der Waals surface area contributed by atoms with Gasteiger partial charge in [-0.05, 0) is 59.5 Å². The SMILES string of the molecule is COc1ccc(-c2oc3ccccc3c(=O)c2OC(=O)c2ccc(C(C)(C)C)cc2)cc1. The average molecular weight is 428 g/mol. The highest BCUT2D eigenvalue weighted by Crippen LogP contribution is 2.32. The molecule has 0 unspecified atom stereocenters. The van der Waals surface area contributed by atoms with Crippen LogP contribution in [-0.2, 0) is 5.41 Å². The van der Waals surface area contributed by atoms with Gasteiger partial charge in [-0.2, -0.15) is 0 Å². The monoisotopic (exact) mass is 428 g/mol. The number of hydrogen-bond donors (Lipinski definition) is 0. The quantitative estimate of drug-likeness (QED) is 0.374. The van der Waals surface area contributed by atoms with Gasteiger partial charge in [0.25, 0.3) is 0 Å². The van der Waals surface area contributed by atoms with Gasteiger partial charge in [-0.1, -0.05) is 45.0 Å². The van der Waals surface area contributed by atoms with Crippen LogP contribution in [0.3, 0.4) is 0 Å². The van der Waals surface area contributed by atoms with Crippen molar-refractivity contribution in [1.29, 1.82) is 0 Å². The minimum Gasteiger partial charge on any atom is -0.497 e. The number of rotatable bonds is 4. The molecule has 0 aliphatic rings. The molecule has 0 aliphatic heterocycles. The Morgan fingerprint density at radius 2 is 1.53 bits per heavy atom. The number of methoxy groups -OCH3 is 1. The normalized spacial score (nSPS) is 11.4. The van der Waals surface area contributed by atoms with Crippen molar-refractivity contribution in [2.24, 2.45) is 0 Å². The van der Waals surface area contributed by atoms with Gasteiger partial charge < -0.3 is 13.9 Å². The molecule has 0 amide bonds. The van der Waals surface area contributed by atoms with E-state index in [-0.39, 0.29) is 16.9 Å². The number of benzene rings is 3. The molecule has 0 bridgehead atoms. The molecule has 0 aliphatic carbocycles. The smallest absolute Gasteiger partial charge is 0.343 e. The first-order valence-electron chi connectivity index (χ1n) is 10.3. The van der Waals surface area contributed by atoms with E-state index < -0.39 is 11.4 Å². The van der Waals surface area contributed by atoms with Crippen LogP contribution in [-0.4, -0.2) is 13.1 Å². The van der Waals surface area contributed by atoms with Gasteiger partial charge in [-0.15, -0.1) is 0 Å². The number of esters is 1. The Kier molecular flexibility index (Phi) is 5.57. The summed E-state index contributed by atoms with van der Waals surface area (Å²) in [4.78, 5) is 26.2. The van der Waals surface area contributed by atoms with E-state index in [9.17, 15) is 9.59 Å². The zero-order valence-corrected chi connectivity index (χ0v) is 18.5. The molecule has 0 radical (unpaired) electrons. The van der Waals surface area contributed by atoms with Crippen molar-refractivity contribution in [3.8, 4) is 22.8 Å². The van der Waals surface area contributed by atoms with Crippen molar-refractivity contribution < 1.29 is 18.7 Å². The average Bonchev–Trinajstić information content (AvgIpc) is 2.80. The third-order valence-electron chi connectivity index (χ3n) is 5.29. The molecule has 0 saturated carbocycles. The number of carbonyl (C=O) groups excluding carboxylic acids is 1. The third-order valence-corrected chi connectivity index (χ3v) is 5.29. The van der Waals surface area contributed by atoms with Crippen LogP contribution < -0.4 is 14.9 Å². The molecule has 5 heteroatoms. The first-order chi connectivity index (χ1) is 15.3. The van der Waals surface area contributed by atoms with Crippen molar-refractivity contribution in [3.05, 3.63) is 94.1 Å². The standard InChI is InChI=1S/C27H24O5/c1-27(2,3)19-13-9-18(10-14-19)26(29)32-25-23(28)21-7-5-6-8-22(21)31-24(25)17-11-15-20(30-4)16-12-17/h5-16H,1-4H3. The van der Waals surface area contributed by atoms with E-state index in [1.54, 1.807) is 67.8 Å². The fraction of sp³-hybridized carbons (Fsp3) is 0.185. The maximum atomic E-state index is 13.2. The molecule has 1 aromatic heterocycles. The summed E-state index contributed by atoms with van der Waals surface area (Å²) in [5.41, 5.74) is 2.02. The molecule has 0 fully saturated rings.